The molecule has 3 aliphatic heterocycles. The van der Waals surface area contributed by atoms with Crippen LogP contribution in [0.15, 0.2) is 0 Å². The van der Waals surface area contributed by atoms with E-state index in [4.69, 9.17) is 4.74 Å². The summed E-state index contributed by atoms with van der Waals surface area (Å²) in [7, 11) is 2.60. The van der Waals surface area contributed by atoms with Crippen LogP contribution in [0, 0.1) is 5.92 Å². The molecule has 3 nitrogen and oxygen atoms in total. The van der Waals surface area contributed by atoms with E-state index < -0.39 is 0 Å². The number of nitrogens with zero attached hydrogens (tertiary/aromatic N) is 1. The fourth-order valence-electron chi connectivity index (χ4n) is 4.81. The highest BCUT2D eigenvalue weighted by molar-refractivity contribution is 14.1. The minimum Gasteiger partial charge on any atom is -0.444 e. The Hall–Kier alpha value is 0.0649. The van der Waals surface area contributed by atoms with Crippen LogP contribution >= 0.6 is 22.6 Å². The zero-order valence-corrected chi connectivity index (χ0v) is 16.4. The summed E-state index contributed by atoms with van der Waals surface area (Å²) in [6.45, 7) is 8.91. The number of hydrogen-bond acceptors (Lipinski definition) is 2. The number of rotatable bonds is 2. The molecule has 1 amide bonds. The van der Waals surface area contributed by atoms with Crippen molar-refractivity contribution in [3.63, 3.8) is 0 Å². The normalized spacial score (nSPS) is 41.8. The summed E-state index contributed by atoms with van der Waals surface area (Å²) >= 11 is 2.61. The molecule has 4 atom stereocenters. The van der Waals surface area contributed by atoms with E-state index in [1.165, 1.54) is 25.7 Å². The Bertz CT molecular complexity index is 448. The highest BCUT2D eigenvalue weighted by Gasteiger charge is 2.58. The topological polar surface area (TPSA) is 29.5 Å². The largest absolute Gasteiger partial charge is 0.444 e. The third-order valence-corrected chi connectivity index (χ3v) is 7.19. The zero-order chi connectivity index (χ0) is 16.1. The van der Waals surface area contributed by atoms with Gasteiger partial charge in [0.05, 0.1) is 6.04 Å². The number of amides is 1. The molecular weight excluding hydrogens is 388 g/mol. The molecule has 5 heteroatoms. The van der Waals surface area contributed by atoms with Gasteiger partial charge in [-0.05, 0) is 42.3 Å². The maximum atomic E-state index is 12.3. The van der Waals surface area contributed by atoms with Crippen molar-refractivity contribution in [2.45, 2.75) is 93.0 Å². The van der Waals surface area contributed by atoms with Crippen LogP contribution in [0.1, 0.15) is 66.2 Å². The minimum atomic E-state index is -0.0984. The molecule has 0 aromatic rings. The van der Waals surface area contributed by atoms with Gasteiger partial charge in [0.1, 0.15) is 13.4 Å². The molecule has 4 unspecified atom stereocenters. The van der Waals surface area contributed by atoms with Crippen molar-refractivity contribution in [1.29, 1.82) is 0 Å². The first-order chi connectivity index (χ1) is 10.3. The number of halogens is 1. The molecule has 1 aliphatic carbocycles. The molecule has 4 rings (SSSR count). The maximum Gasteiger partial charge on any atom is 0.410 e. The molecule has 3 saturated heterocycles. The Kier molecular flexibility index (Phi) is 4.50. The van der Waals surface area contributed by atoms with Crippen LogP contribution in [0.2, 0.25) is 5.31 Å². The van der Waals surface area contributed by atoms with Crippen molar-refractivity contribution in [3.05, 3.63) is 0 Å². The molecule has 22 heavy (non-hydrogen) atoms. The molecule has 0 aromatic heterocycles. The number of carbonyl (C=O) groups excluding carboxylic acids is 1. The fourth-order valence-corrected chi connectivity index (χ4v) is 6.57. The predicted molar refractivity (Wildman–Crippen MR) is 98.8 cm³/mol. The lowest BCUT2D eigenvalue weighted by Gasteiger charge is -2.57. The second kappa shape index (κ2) is 5.85. The second-order valence-corrected chi connectivity index (χ2v) is 10.3. The Morgan fingerprint density at radius 2 is 2.00 bits per heavy atom. The number of hydrogen-bond donors (Lipinski definition) is 0. The van der Waals surface area contributed by atoms with E-state index in [0.29, 0.717) is 11.2 Å². The van der Waals surface area contributed by atoms with Crippen molar-refractivity contribution < 1.29 is 9.53 Å². The molecule has 2 bridgehead atoms. The first-order valence-electron chi connectivity index (χ1n) is 8.81. The van der Waals surface area contributed by atoms with Gasteiger partial charge in [-0.25, -0.2) is 4.79 Å². The summed E-state index contributed by atoms with van der Waals surface area (Å²) in [6, 6.07) is 0.510. The summed E-state index contributed by atoms with van der Waals surface area (Å²) in [5, 5.41) is 0.425. The van der Waals surface area contributed by atoms with Gasteiger partial charge in [-0.15, -0.1) is 0 Å². The third kappa shape index (κ3) is 2.80. The minimum absolute atomic E-state index is 0.0753. The molecular formula is C17H28BINO2. The van der Waals surface area contributed by atoms with Crippen molar-refractivity contribution >= 4 is 36.0 Å². The highest BCUT2D eigenvalue weighted by atomic mass is 127. The molecule has 0 aromatic carbocycles. The van der Waals surface area contributed by atoms with Crippen molar-refractivity contribution in [2.75, 3.05) is 0 Å². The number of ether oxygens (including phenoxy) is 1. The summed E-state index contributed by atoms with van der Waals surface area (Å²) in [5.41, 5.74) is 0. The van der Waals surface area contributed by atoms with Gasteiger partial charge < -0.3 is 4.74 Å². The zero-order valence-electron chi connectivity index (χ0n) is 14.3. The van der Waals surface area contributed by atoms with Gasteiger partial charge in [-0.1, -0.05) is 61.0 Å². The molecule has 0 N–H and O–H groups in total. The van der Waals surface area contributed by atoms with Crippen LogP contribution in [0.25, 0.3) is 0 Å². The van der Waals surface area contributed by atoms with Gasteiger partial charge in [-0.2, -0.15) is 0 Å². The maximum absolute atomic E-state index is 12.3. The summed E-state index contributed by atoms with van der Waals surface area (Å²) < 4.78 is 6.00. The van der Waals surface area contributed by atoms with Gasteiger partial charge in [0.15, 0.2) is 0 Å². The Morgan fingerprint density at radius 1 is 1.32 bits per heavy atom. The van der Waals surface area contributed by atoms with E-state index in [1.807, 2.05) is 4.90 Å². The average Bonchev–Trinajstić information content (AvgIpc) is 2.68. The Balaban J connectivity index is 1.79. The van der Waals surface area contributed by atoms with E-state index in [-0.39, 0.29) is 27.6 Å². The van der Waals surface area contributed by atoms with E-state index in [2.05, 4.69) is 57.6 Å². The SMILES string of the molecule is CC(C)N1C(=O)OC2CC3(I)[B]C(C(C)C)(CCCCC21)C3. The molecule has 4 fully saturated rings. The lowest BCUT2D eigenvalue weighted by molar-refractivity contribution is 0.113. The molecule has 3 heterocycles. The van der Waals surface area contributed by atoms with E-state index in [9.17, 15) is 4.79 Å². The van der Waals surface area contributed by atoms with Gasteiger partial charge in [-0.3, -0.25) is 4.90 Å². The Labute approximate surface area is 149 Å². The molecule has 1 saturated carbocycles. The monoisotopic (exact) mass is 416 g/mol. The van der Waals surface area contributed by atoms with Crippen LogP contribution in [0.3, 0.4) is 0 Å². The first kappa shape index (κ1) is 16.9. The lowest BCUT2D eigenvalue weighted by atomic mass is 9.27. The van der Waals surface area contributed by atoms with E-state index >= 15 is 0 Å². The average molecular weight is 416 g/mol. The van der Waals surface area contributed by atoms with Crippen molar-refractivity contribution in [1.82, 2.24) is 4.90 Å². The Morgan fingerprint density at radius 3 is 2.59 bits per heavy atom. The quantitative estimate of drug-likeness (QED) is 0.374. The molecule has 123 valence electrons. The molecule has 4 aliphatic rings. The van der Waals surface area contributed by atoms with Gasteiger partial charge in [0, 0.05) is 6.04 Å². The number of carbonyl (C=O) groups is 1. The van der Waals surface area contributed by atoms with Crippen LogP contribution < -0.4 is 0 Å². The van der Waals surface area contributed by atoms with Crippen LogP contribution in [0.5, 0.6) is 0 Å². The third-order valence-electron chi connectivity index (χ3n) is 6.06. The first-order valence-corrected chi connectivity index (χ1v) is 9.89. The summed E-state index contributed by atoms with van der Waals surface area (Å²) in [6.07, 6.45) is 7.09. The van der Waals surface area contributed by atoms with E-state index in [1.54, 1.807) is 0 Å². The van der Waals surface area contributed by atoms with E-state index in [0.717, 1.165) is 12.8 Å². The second-order valence-electron chi connectivity index (χ2n) is 8.18. The molecule has 1 radical (unpaired) electrons. The highest BCUT2D eigenvalue weighted by Crippen LogP contribution is 2.62. The molecule has 0 spiro atoms. The van der Waals surface area contributed by atoms with Crippen LogP contribution in [-0.4, -0.2) is 39.8 Å². The van der Waals surface area contributed by atoms with Crippen molar-refractivity contribution in [3.8, 4) is 0 Å². The number of alkyl halides is 1. The number of fused-ring (bicyclic) bond motifs is 3. The summed E-state index contributed by atoms with van der Waals surface area (Å²) in [4.78, 5) is 14.3. The van der Waals surface area contributed by atoms with Gasteiger partial charge in [0.25, 0.3) is 0 Å². The standard InChI is InChI=1S/C17H28BINO2/c1-11(2)16-8-6-5-7-13-14(9-17(19,10-16)18-16)22-15(21)20(13)12(3)4/h11-14H,5-10H2,1-4H3. The fraction of sp³-hybridized carbons (Fsp3) is 0.941. The smallest absolute Gasteiger partial charge is 0.410 e. The van der Waals surface area contributed by atoms with Crippen LogP contribution in [-0.2, 0) is 4.74 Å². The van der Waals surface area contributed by atoms with Crippen molar-refractivity contribution in [2.24, 2.45) is 5.92 Å². The van der Waals surface area contributed by atoms with Crippen LogP contribution in [0.4, 0.5) is 4.79 Å². The summed E-state index contributed by atoms with van der Waals surface area (Å²) in [5.74, 6) is 0.712. The lowest BCUT2D eigenvalue weighted by Crippen LogP contribution is -2.57. The van der Waals surface area contributed by atoms with Gasteiger partial charge >= 0.3 is 6.09 Å². The van der Waals surface area contributed by atoms with Gasteiger partial charge in [0.2, 0.25) is 0 Å². The predicted octanol–water partition coefficient (Wildman–Crippen LogP) is 4.60.